The number of thiazole rings is 1. The van der Waals surface area contributed by atoms with E-state index in [0.717, 1.165) is 0 Å². The van der Waals surface area contributed by atoms with Crippen LogP contribution in [0.25, 0.3) is 6.08 Å². The summed E-state index contributed by atoms with van der Waals surface area (Å²) in [6.45, 7) is 1.47. The van der Waals surface area contributed by atoms with Crippen LogP contribution in [0.5, 0.6) is 11.5 Å². The maximum atomic E-state index is 12.4. The van der Waals surface area contributed by atoms with Gasteiger partial charge in [0, 0.05) is 23.9 Å². The zero-order valence-corrected chi connectivity index (χ0v) is 18.4. The molecule has 0 N–H and O–H groups in total. The summed E-state index contributed by atoms with van der Waals surface area (Å²) in [4.78, 5) is 34.9. The first-order valence-corrected chi connectivity index (χ1v) is 10.4. The van der Waals surface area contributed by atoms with Crippen LogP contribution in [0.1, 0.15) is 18.2 Å². The van der Waals surface area contributed by atoms with E-state index in [2.05, 4.69) is 9.98 Å². The zero-order valence-electron chi connectivity index (χ0n) is 17.6. The molecule has 0 saturated heterocycles. The molecule has 1 aliphatic heterocycles. The number of ether oxygens (including phenoxy) is 3. The topological polar surface area (TPSA) is 90.3 Å². The Morgan fingerprint density at radius 2 is 1.78 bits per heavy atom. The molecule has 0 fully saturated rings. The normalized spacial score (nSPS) is 14.2. The van der Waals surface area contributed by atoms with Gasteiger partial charge in [0.2, 0.25) is 11.8 Å². The van der Waals surface area contributed by atoms with Gasteiger partial charge in [0.25, 0.3) is 0 Å². The van der Waals surface area contributed by atoms with Gasteiger partial charge in [-0.15, -0.1) is 11.3 Å². The number of aromatic nitrogens is 1. The maximum Gasteiger partial charge on any atom is 0.363 e. The lowest BCUT2D eigenvalue weighted by Gasteiger charge is -2.17. The first kappa shape index (κ1) is 21.3. The molecule has 0 saturated carbocycles. The van der Waals surface area contributed by atoms with Gasteiger partial charge in [-0.25, -0.2) is 14.8 Å². The number of para-hydroxylation sites is 1. The second kappa shape index (κ2) is 9.03. The van der Waals surface area contributed by atoms with Crippen molar-refractivity contribution in [3.8, 4) is 11.5 Å². The van der Waals surface area contributed by atoms with Crippen LogP contribution in [-0.4, -0.2) is 37.0 Å². The number of benzene rings is 2. The summed E-state index contributed by atoms with van der Waals surface area (Å²) in [5.74, 6) is 0.471. The predicted octanol–water partition coefficient (Wildman–Crippen LogP) is 4.19. The highest BCUT2D eigenvalue weighted by Gasteiger charge is 2.26. The van der Waals surface area contributed by atoms with Crippen LogP contribution in [0, 0.1) is 0 Å². The van der Waals surface area contributed by atoms with Gasteiger partial charge in [0.15, 0.2) is 10.8 Å². The number of nitrogens with zero attached hydrogens (tertiary/aromatic N) is 3. The highest BCUT2D eigenvalue weighted by Crippen LogP contribution is 2.30. The number of rotatable bonds is 6. The molecular formula is C23H19N3O5S. The Morgan fingerprint density at radius 1 is 1.09 bits per heavy atom. The van der Waals surface area contributed by atoms with Crippen molar-refractivity contribution in [3.05, 3.63) is 70.9 Å². The summed E-state index contributed by atoms with van der Waals surface area (Å²) >= 11 is 1.29. The van der Waals surface area contributed by atoms with Gasteiger partial charge in [0.1, 0.15) is 11.5 Å². The van der Waals surface area contributed by atoms with Crippen LogP contribution in [0.15, 0.2) is 64.6 Å². The molecule has 2 aromatic carbocycles. The van der Waals surface area contributed by atoms with E-state index in [1.165, 1.54) is 43.5 Å². The van der Waals surface area contributed by atoms with Crippen LogP contribution >= 0.6 is 11.3 Å². The van der Waals surface area contributed by atoms with E-state index >= 15 is 0 Å². The highest BCUT2D eigenvalue weighted by molar-refractivity contribution is 7.14. The minimum atomic E-state index is -0.595. The van der Waals surface area contributed by atoms with Gasteiger partial charge in [-0.1, -0.05) is 18.2 Å². The van der Waals surface area contributed by atoms with Gasteiger partial charge in [-0.05, 0) is 30.3 Å². The minimum absolute atomic E-state index is 0.104. The number of carbonyl (C=O) groups is 2. The summed E-state index contributed by atoms with van der Waals surface area (Å²) < 4.78 is 15.8. The molecule has 0 atom stereocenters. The Morgan fingerprint density at radius 3 is 2.41 bits per heavy atom. The van der Waals surface area contributed by atoms with E-state index in [4.69, 9.17) is 14.2 Å². The molecule has 1 aromatic heterocycles. The Balaban J connectivity index is 1.64. The number of amides is 1. The molecule has 3 aromatic rings. The van der Waals surface area contributed by atoms with Gasteiger partial charge in [-0.3, -0.25) is 9.69 Å². The van der Waals surface area contributed by atoms with E-state index in [1.807, 2.05) is 30.3 Å². The molecule has 9 heteroatoms. The van der Waals surface area contributed by atoms with Gasteiger partial charge < -0.3 is 14.2 Å². The number of carbonyl (C=O) groups excluding carboxylic acids is 2. The number of hydrogen-bond donors (Lipinski definition) is 0. The Kier molecular flexibility index (Phi) is 6.00. The molecule has 1 amide bonds. The first-order valence-electron chi connectivity index (χ1n) is 9.56. The SMILES string of the molecule is COc1cc(OC)cc(C2=N/C(=C/c3csc(N(C(C)=O)c4ccccc4)n3)C(=O)O2)c1. The second-order valence-corrected chi connectivity index (χ2v) is 7.52. The van der Waals surface area contributed by atoms with Crippen molar-refractivity contribution in [2.75, 3.05) is 19.1 Å². The van der Waals surface area contributed by atoms with Crippen molar-refractivity contribution < 1.29 is 23.8 Å². The van der Waals surface area contributed by atoms with E-state index in [1.54, 1.807) is 23.6 Å². The average molecular weight is 449 g/mol. The third-order valence-corrected chi connectivity index (χ3v) is 5.38. The van der Waals surface area contributed by atoms with Crippen LogP contribution in [0.4, 0.5) is 10.8 Å². The summed E-state index contributed by atoms with van der Waals surface area (Å²) in [5, 5.41) is 2.24. The molecule has 162 valence electrons. The molecule has 0 bridgehead atoms. The van der Waals surface area contributed by atoms with Gasteiger partial charge in [0.05, 0.1) is 25.6 Å². The molecule has 8 nitrogen and oxygen atoms in total. The predicted molar refractivity (Wildman–Crippen MR) is 122 cm³/mol. The average Bonchev–Trinajstić information content (AvgIpc) is 3.41. The summed E-state index contributed by atoms with van der Waals surface area (Å²) in [6.07, 6.45) is 1.52. The fourth-order valence-corrected chi connectivity index (χ4v) is 3.90. The van der Waals surface area contributed by atoms with Crippen LogP contribution in [-0.2, 0) is 14.3 Å². The Hall–Kier alpha value is -3.98. The standard InChI is InChI=1S/C23H19N3O5S/c1-14(27)26(17-7-5-4-6-8-17)23-24-16(13-32-23)11-20-22(28)31-21(25-20)15-9-18(29-2)12-19(10-15)30-3/h4-13H,1-3H3/b20-11+. The van der Waals surface area contributed by atoms with Crippen LogP contribution < -0.4 is 14.4 Å². The number of esters is 1. The third kappa shape index (κ3) is 4.37. The lowest BCUT2D eigenvalue weighted by molar-refractivity contribution is -0.130. The number of hydrogen-bond acceptors (Lipinski definition) is 8. The zero-order chi connectivity index (χ0) is 22.7. The van der Waals surface area contributed by atoms with Crippen LogP contribution in [0.3, 0.4) is 0 Å². The van der Waals surface area contributed by atoms with Crippen molar-refractivity contribution in [1.82, 2.24) is 4.98 Å². The Labute approximate surface area is 188 Å². The van der Waals surface area contributed by atoms with Crippen LogP contribution in [0.2, 0.25) is 0 Å². The smallest absolute Gasteiger partial charge is 0.363 e. The van der Waals surface area contributed by atoms with Crippen molar-refractivity contribution >= 4 is 46.0 Å². The van der Waals surface area contributed by atoms with Crippen molar-refractivity contribution in [2.45, 2.75) is 6.92 Å². The van der Waals surface area contributed by atoms with Crippen molar-refractivity contribution in [2.24, 2.45) is 4.99 Å². The van der Waals surface area contributed by atoms with Crippen molar-refractivity contribution in [1.29, 1.82) is 0 Å². The number of aliphatic imine (C=N–C) groups is 1. The van der Waals surface area contributed by atoms with E-state index in [0.29, 0.717) is 33.6 Å². The van der Waals surface area contributed by atoms with E-state index in [9.17, 15) is 9.59 Å². The molecule has 32 heavy (non-hydrogen) atoms. The minimum Gasteiger partial charge on any atom is -0.497 e. The molecule has 2 heterocycles. The molecule has 0 spiro atoms. The fourth-order valence-electron chi connectivity index (χ4n) is 3.05. The summed E-state index contributed by atoms with van der Waals surface area (Å²) in [6, 6.07) is 14.3. The van der Waals surface area contributed by atoms with Gasteiger partial charge >= 0.3 is 5.97 Å². The third-order valence-electron chi connectivity index (χ3n) is 4.53. The quantitative estimate of drug-likeness (QED) is 0.414. The fraction of sp³-hybridized carbons (Fsp3) is 0.130. The lowest BCUT2D eigenvalue weighted by atomic mass is 10.2. The highest BCUT2D eigenvalue weighted by atomic mass is 32.1. The lowest BCUT2D eigenvalue weighted by Crippen LogP contribution is -2.22. The number of cyclic esters (lactones) is 1. The molecule has 0 radical (unpaired) electrons. The molecule has 4 rings (SSSR count). The maximum absolute atomic E-state index is 12.4. The molecule has 1 aliphatic rings. The summed E-state index contributed by atoms with van der Waals surface area (Å²) in [7, 11) is 3.07. The monoisotopic (exact) mass is 449 g/mol. The molecule has 0 aliphatic carbocycles. The van der Waals surface area contributed by atoms with Crippen molar-refractivity contribution in [3.63, 3.8) is 0 Å². The largest absolute Gasteiger partial charge is 0.497 e. The Bertz CT molecular complexity index is 1210. The second-order valence-electron chi connectivity index (χ2n) is 6.68. The summed E-state index contributed by atoms with van der Waals surface area (Å²) in [5.41, 5.74) is 1.85. The molecule has 0 unspecified atom stereocenters. The van der Waals surface area contributed by atoms with E-state index in [-0.39, 0.29) is 17.5 Å². The van der Waals surface area contributed by atoms with E-state index < -0.39 is 5.97 Å². The number of anilines is 2. The van der Waals surface area contributed by atoms with Gasteiger partial charge in [-0.2, -0.15) is 0 Å². The first-order chi connectivity index (χ1) is 15.5. The molecular weight excluding hydrogens is 430 g/mol. The number of methoxy groups -OCH3 is 2.